The third kappa shape index (κ3) is 3.11. The number of nitrogens with zero attached hydrogens (tertiary/aromatic N) is 3. The van der Waals surface area contributed by atoms with E-state index in [1.165, 1.54) is 0 Å². The van der Waals surface area contributed by atoms with Crippen LogP contribution in [0.2, 0.25) is 0 Å². The zero-order valence-electron chi connectivity index (χ0n) is 14.1. The van der Waals surface area contributed by atoms with Crippen molar-refractivity contribution in [3.8, 4) is 11.1 Å². The van der Waals surface area contributed by atoms with E-state index in [2.05, 4.69) is 38.0 Å². The quantitative estimate of drug-likeness (QED) is 0.722. The maximum Gasteiger partial charge on any atom is 0.266 e. The lowest BCUT2D eigenvalue weighted by atomic mass is 10.1. The Hall–Kier alpha value is -3.00. The molecule has 1 aromatic carbocycles. The first-order valence-corrected chi connectivity index (χ1v) is 9.07. The van der Waals surface area contributed by atoms with Gasteiger partial charge in [0.15, 0.2) is 6.10 Å². The number of carbonyl (C=O) groups is 1. The van der Waals surface area contributed by atoms with Gasteiger partial charge >= 0.3 is 0 Å². The Morgan fingerprint density at radius 1 is 1.35 bits per heavy atom. The van der Waals surface area contributed by atoms with Gasteiger partial charge in [-0.2, -0.15) is 0 Å². The molecule has 0 radical (unpaired) electrons. The lowest BCUT2D eigenvalue weighted by molar-refractivity contribution is -0.112. The van der Waals surface area contributed by atoms with E-state index in [1.54, 1.807) is 11.3 Å². The minimum Gasteiger partial charge on any atom is -0.390 e. The van der Waals surface area contributed by atoms with E-state index in [0.717, 1.165) is 27.2 Å². The second-order valence-electron chi connectivity index (χ2n) is 6.03. The number of hydrogen-bond acceptors (Lipinski definition) is 7. The first-order chi connectivity index (χ1) is 12.6. The molecule has 7 nitrogen and oxygen atoms in total. The lowest BCUT2D eigenvalue weighted by Gasteiger charge is -2.12. The number of primary amides is 1. The van der Waals surface area contributed by atoms with Crippen LogP contribution >= 0.6 is 11.3 Å². The Morgan fingerprint density at radius 2 is 2.15 bits per heavy atom. The number of oxime groups is 1. The molecule has 2 aromatic heterocycles. The van der Waals surface area contributed by atoms with Crippen LogP contribution in [0.4, 0.5) is 5.82 Å². The average molecular weight is 367 g/mol. The van der Waals surface area contributed by atoms with Crippen molar-refractivity contribution in [2.24, 2.45) is 10.9 Å². The Labute approximate surface area is 153 Å². The van der Waals surface area contributed by atoms with Gasteiger partial charge in [-0.15, -0.1) is 11.3 Å². The molecule has 1 aliphatic rings. The summed E-state index contributed by atoms with van der Waals surface area (Å²) in [4.78, 5) is 26.5. The topological polar surface area (TPSA) is 102 Å². The number of hydrogen-bond donors (Lipinski definition) is 2. The van der Waals surface area contributed by atoms with Crippen LogP contribution < -0.4 is 11.1 Å². The van der Waals surface area contributed by atoms with Gasteiger partial charge < -0.3 is 15.9 Å². The number of anilines is 1. The summed E-state index contributed by atoms with van der Waals surface area (Å²) in [5.41, 5.74) is 7.72. The minimum atomic E-state index is -0.544. The predicted octanol–water partition coefficient (Wildman–Crippen LogP) is 2.71. The molecule has 132 valence electrons. The Balaban J connectivity index is 1.62. The molecule has 3 aromatic rings. The van der Waals surface area contributed by atoms with Crippen molar-refractivity contribution in [2.45, 2.75) is 19.4 Å². The molecule has 0 fully saturated rings. The zero-order chi connectivity index (χ0) is 18.1. The van der Waals surface area contributed by atoms with Crippen LogP contribution in [0.25, 0.3) is 21.3 Å². The number of benzene rings is 1. The van der Waals surface area contributed by atoms with Gasteiger partial charge in [-0.25, -0.2) is 9.97 Å². The van der Waals surface area contributed by atoms with Crippen molar-refractivity contribution in [2.75, 3.05) is 11.9 Å². The monoisotopic (exact) mass is 367 g/mol. The van der Waals surface area contributed by atoms with Crippen LogP contribution in [0, 0.1) is 6.92 Å². The molecule has 0 saturated carbocycles. The van der Waals surface area contributed by atoms with E-state index >= 15 is 0 Å². The van der Waals surface area contributed by atoms with Crippen molar-refractivity contribution in [1.29, 1.82) is 0 Å². The summed E-state index contributed by atoms with van der Waals surface area (Å²) in [6.45, 7) is 2.34. The molecule has 0 aliphatic carbocycles. The van der Waals surface area contributed by atoms with Gasteiger partial charge in [0, 0.05) is 17.4 Å². The van der Waals surface area contributed by atoms with Gasteiger partial charge in [0.05, 0.1) is 11.9 Å². The average Bonchev–Trinajstić information content (AvgIpc) is 3.27. The fourth-order valence-corrected chi connectivity index (χ4v) is 3.89. The second kappa shape index (κ2) is 6.72. The molecule has 3 N–H and O–H groups in total. The van der Waals surface area contributed by atoms with Crippen molar-refractivity contribution in [1.82, 2.24) is 9.97 Å². The van der Waals surface area contributed by atoms with E-state index in [-0.39, 0.29) is 11.8 Å². The maximum absolute atomic E-state index is 11.2. The fraction of sp³-hybridized carbons (Fsp3) is 0.222. The molecule has 0 bridgehead atoms. The number of fused-ring (bicyclic) bond motifs is 1. The highest BCUT2D eigenvalue weighted by atomic mass is 32.1. The Bertz CT molecular complexity index is 999. The van der Waals surface area contributed by atoms with E-state index in [1.807, 2.05) is 25.1 Å². The molecular weight excluding hydrogens is 350 g/mol. The molecule has 8 heteroatoms. The number of aryl methyl sites for hydroxylation is 1. The van der Waals surface area contributed by atoms with Crippen LogP contribution in [0.15, 0.2) is 40.9 Å². The van der Waals surface area contributed by atoms with Crippen molar-refractivity contribution in [3.05, 3.63) is 41.5 Å². The zero-order valence-corrected chi connectivity index (χ0v) is 14.9. The normalized spacial score (nSPS) is 16.3. The maximum atomic E-state index is 11.2. The van der Waals surface area contributed by atoms with E-state index in [0.29, 0.717) is 18.8 Å². The Kier molecular flexibility index (Phi) is 4.26. The Morgan fingerprint density at radius 3 is 2.88 bits per heavy atom. The summed E-state index contributed by atoms with van der Waals surface area (Å²) < 4.78 is 0. The standard InChI is InChI=1S/C18H17N5O2S/c1-10-21-17(20-8-12-7-14(16(19)24)23-25-12)15-13(9-26-18(15)22-10)11-5-3-2-4-6-11/h2-6,9,12H,7-8H2,1H3,(H2,19,24)(H,20,21,22). The summed E-state index contributed by atoms with van der Waals surface area (Å²) in [6, 6.07) is 10.1. The molecule has 1 atom stereocenters. The van der Waals surface area contributed by atoms with Gasteiger partial charge in [-0.3, -0.25) is 4.79 Å². The van der Waals surface area contributed by atoms with Crippen molar-refractivity contribution in [3.63, 3.8) is 0 Å². The van der Waals surface area contributed by atoms with Gasteiger partial charge in [0.1, 0.15) is 22.2 Å². The summed E-state index contributed by atoms with van der Waals surface area (Å²) in [7, 11) is 0. The molecule has 1 amide bonds. The third-order valence-corrected chi connectivity index (χ3v) is 5.02. The summed E-state index contributed by atoms with van der Waals surface area (Å²) in [5, 5.41) is 10.2. The van der Waals surface area contributed by atoms with Crippen LogP contribution in [0.1, 0.15) is 12.2 Å². The SMILES string of the molecule is Cc1nc(NCC2CC(C(N)=O)=NO2)c2c(-c3ccccc3)csc2n1. The van der Waals surface area contributed by atoms with Crippen LogP contribution in [0.3, 0.4) is 0 Å². The fourth-order valence-electron chi connectivity index (χ4n) is 2.90. The first kappa shape index (κ1) is 16.5. The number of nitrogens with one attached hydrogen (secondary N) is 1. The number of thiophene rings is 1. The van der Waals surface area contributed by atoms with Crippen molar-refractivity contribution >= 4 is 39.0 Å². The third-order valence-electron chi connectivity index (χ3n) is 4.14. The summed E-state index contributed by atoms with van der Waals surface area (Å²) in [5.74, 6) is 0.906. The van der Waals surface area contributed by atoms with E-state index in [9.17, 15) is 4.79 Å². The molecule has 1 aliphatic heterocycles. The summed E-state index contributed by atoms with van der Waals surface area (Å²) >= 11 is 1.59. The van der Waals surface area contributed by atoms with E-state index in [4.69, 9.17) is 10.6 Å². The van der Waals surface area contributed by atoms with Gasteiger partial charge in [-0.1, -0.05) is 35.5 Å². The largest absolute Gasteiger partial charge is 0.390 e. The number of nitrogens with two attached hydrogens (primary N) is 1. The lowest BCUT2D eigenvalue weighted by Crippen LogP contribution is -2.26. The number of carbonyl (C=O) groups excluding carboxylic acids is 1. The number of aromatic nitrogens is 2. The van der Waals surface area contributed by atoms with E-state index < -0.39 is 5.91 Å². The van der Waals surface area contributed by atoms with Crippen LogP contribution in [-0.2, 0) is 9.63 Å². The van der Waals surface area contributed by atoms with Crippen LogP contribution in [-0.4, -0.2) is 34.2 Å². The highest BCUT2D eigenvalue weighted by Crippen LogP contribution is 2.36. The minimum absolute atomic E-state index is 0.248. The smallest absolute Gasteiger partial charge is 0.266 e. The summed E-state index contributed by atoms with van der Waals surface area (Å²) in [6.07, 6.45) is 0.145. The molecule has 1 unspecified atom stereocenters. The van der Waals surface area contributed by atoms with Gasteiger partial charge in [-0.05, 0) is 12.5 Å². The van der Waals surface area contributed by atoms with Gasteiger partial charge in [0.2, 0.25) is 0 Å². The van der Waals surface area contributed by atoms with Crippen LogP contribution in [0.5, 0.6) is 0 Å². The molecule has 26 heavy (non-hydrogen) atoms. The molecule has 0 spiro atoms. The van der Waals surface area contributed by atoms with Gasteiger partial charge in [0.25, 0.3) is 5.91 Å². The molecule has 3 heterocycles. The highest BCUT2D eigenvalue weighted by molar-refractivity contribution is 7.17. The molecule has 4 rings (SSSR count). The predicted molar refractivity (Wildman–Crippen MR) is 102 cm³/mol. The number of rotatable bonds is 5. The molecular formula is C18H17N5O2S. The first-order valence-electron chi connectivity index (χ1n) is 8.19. The second-order valence-corrected chi connectivity index (χ2v) is 6.89. The number of amides is 1. The molecule has 0 saturated heterocycles. The highest BCUT2D eigenvalue weighted by Gasteiger charge is 2.25. The van der Waals surface area contributed by atoms with Crippen molar-refractivity contribution < 1.29 is 9.63 Å².